The standard InChI is InChI=1S/C31H25BrN2O5/c1-4-39-28-25(32)17-20(18-27(28)38-3)16-24-29(35)33(22-12-7-9-19(2)15-22)31(37)34(30(24)36)26-14-8-11-21-10-5-6-13-23(21)26/h5-18H,4H2,1-3H3/b24-16+. The lowest BCUT2D eigenvalue weighted by Crippen LogP contribution is -2.57. The van der Waals surface area contributed by atoms with Gasteiger partial charge in [0.05, 0.1) is 29.6 Å². The second-order valence-electron chi connectivity index (χ2n) is 8.93. The third kappa shape index (κ3) is 4.79. The van der Waals surface area contributed by atoms with Gasteiger partial charge in [0.1, 0.15) is 5.57 Å². The Morgan fingerprint density at radius 1 is 0.872 bits per heavy atom. The highest BCUT2D eigenvalue weighted by Gasteiger charge is 2.44. The molecule has 1 heterocycles. The molecular weight excluding hydrogens is 560 g/mol. The third-order valence-electron chi connectivity index (χ3n) is 6.37. The fraction of sp³-hybridized carbons (Fsp3) is 0.129. The molecule has 0 saturated carbocycles. The average molecular weight is 585 g/mol. The van der Waals surface area contributed by atoms with E-state index in [2.05, 4.69) is 15.9 Å². The molecule has 1 aliphatic heterocycles. The van der Waals surface area contributed by atoms with Crippen LogP contribution in [0.15, 0.2) is 88.9 Å². The van der Waals surface area contributed by atoms with Crippen LogP contribution in [0.25, 0.3) is 16.8 Å². The van der Waals surface area contributed by atoms with Crippen molar-refractivity contribution < 1.29 is 23.9 Å². The SMILES string of the molecule is CCOc1c(Br)cc(/C=C2\C(=O)N(c3cccc(C)c3)C(=O)N(c3cccc4ccccc34)C2=O)cc1OC. The van der Waals surface area contributed by atoms with Crippen molar-refractivity contribution in [1.29, 1.82) is 0 Å². The van der Waals surface area contributed by atoms with Crippen LogP contribution >= 0.6 is 15.9 Å². The van der Waals surface area contributed by atoms with Crippen molar-refractivity contribution in [2.24, 2.45) is 0 Å². The number of halogens is 1. The molecule has 0 aromatic heterocycles. The van der Waals surface area contributed by atoms with Crippen molar-refractivity contribution in [1.82, 2.24) is 0 Å². The van der Waals surface area contributed by atoms with E-state index >= 15 is 0 Å². The largest absolute Gasteiger partial charge is 0.493 e. The Bertz CT molecular complexity index is 1660. The predicted octanol–water partition coefficient (Wildman–Crippen LogP) is 6.90. The topological polar surface area (TPSA) is 76.2 Å². The molecule has 0 radical (unpaired) electrons. The molecule has 39 heavy (non-hydrogen) atoms. The fourth-order valence-electron chi connectivity index (χ4n) is 4.61. The first-order chi connectivity index (χ1) is 18.8. The van der Waals surface area contributed by atoms with E-state index in [-0.39, 0.29) is 5.57 Å². The lowest BCUT2D eigenvalue weighted by atomic mass is 10.0. The lowest BCUT2D eigenvalue weighted by Gasteiger charge is -2.34. The summed E-state index contributed by atoms with van der Waals surface area (Å²) in [6, 6.07) is 22.6. The monoisotopic (exact) mass is 584 g/mol. The van der Waals surface area contributed by atoms with Crippen molar-refractivity contribution in [3.8, 4) is 11.5 Å². The minimum absolute atomic E-state index is 0.165. The van der Waals surface area contributed by atoms with Gasteiger partial charge in [-0.2, -0.15) is 0 Å². The number of urea groups is 1. The van der Waals surface area contributed by atoms with E-state index in [1.54, 1.807) is 42.5 Å². The Kier molecular flexibility index (Phi) is 7.21. The quantitative estimate of drug-likeness (QED) is 0.182. The number of anilines is 2. The van der Waals surface area contributed by atoms with Gasteiger partial charge < -0.3 is 9.47 Å². The van der Waals surface area contributed by atoms with Gasteiger partial charge in [0.15, 0.2) is 11.5 Å². The van der Waals surface area contributed by atoms with Gasteiger partial charge in [-0.1, -0.05) is 48.5 Å². The number of hydrogen-bond acceptors (Lipinski definition) is 5. The molecular formula is C31H25BrN2O5. The molecule has 4 amide bonds. The molecule has 4 aromatic carbocycles. The van der Waals surface area contributed by atoms with Crippen LogP contribution < -0.4 is 19.3 Å². The summed E-state index contributed by atoms with van der Waals surface area (Å²) in [6.07, 6.45) is 1.47. The first-order valence-corrected chi connectivity index (χ1v) is 13.1. The van der Waals surface area contributed by atoms with Crippen LogP contribution in [0.1, 0.15) is 18.1 Å². The second-order valence-corrected chi connectivity index (χ2v) is 9.78. The molecule has 7 nitrogen and oxygen atoms in total. The highest BCUT2D eigenvalue weighted by Crippen LogP contribution is 2.38. The van der Waals surface area contributed by atoms with Crippen molar-refractivity contribution in [3.63, 3.8) is 0 Å². The van der Waals surface area contributed by atoms with E-state index in [0.717, 1.165) is 20.7 Å². The highest BCUT2D eigenvalue weighted by atomic mass is 79.9. The number of barbiturate groups is 1. The number of benzene rings is 4. The molecule has 0 aliphatic carbocycles. The van der Waals surface area contributed by atoms with Gasteiger partial charge in [0.25, 0.3) is 11.8 Å². The number of methoxy groups -OCH3 is 1. The zero-order valence-corrected chi connectivity index (χ0v) is 23.2. The summed E-state index contributed by atoms with van der Waals surface area (Å²) in [6.45, 7) is 4.16. The summed E-state index contributed by atoms with van der Waals surface area (Å²) in [7, 11) is 1.51. The summed E-state index contributed by atoms with van der Waals surface area (Å²) in [5, 5.41) is 1.57. The first-order valence-electron chi connectivity index (χ1n) is 12.3. The number of aryl methyl sites for hydroxylation is 1. The van der Waals surface area contributed by atoms with Crippen LogP contribution in [0.4, 0.5) is 16.2 Å². The summed E-state index contributed by atoms with van der Waals surface area (Å²) in [5.41, 5.74) is 1.99. The van der Waals surface area contributed by atoms with Gasteiger partial charge in [-0.25, -0.2) is 14.6 Å². The Hall–Kier alpha value is -4.43. The Labute approximate surface area is 234 Å². The molecule has 0 N–H and O–H groups in total. The van der Waals surface area contributed by atoms with Gasteiger partial charge >= 0.3 is 6.03 Å². The number of nitrogens with zero attached hydrogens (tertiary/aromatic N) is 2. The molecule has 196 valence electrons. The molecule has 0 spiro atoms. The summed E-state index contributed by atoms with van der Waals surface area (Å²) in [4.78, 5) is 43.8. The lowest BCUT2D eigenvalue weighted by molar-refractivity contribution is -0.121. The van der Waals surface area contributed by atoms with Crippen molar-refractivity contribution >= 4 is 62.0 Å². The van der Waals surface area contributed by atoms with Crippen molar-refractivity contribution in [2.45, 2.75) is 13.8 Å². The second kappa shape index (κ2) is 10.7. The predicted molar refractivity (Wildman–Crippen MR) is 155 cm³/mol. The van der Waals surface area contributed by atoms with Gasteiger partial charge in [-0.05, 0) is 82.7 Å². The number of amides is 4. The zero-order chi connectivity index (χ0) is 27.7. The maximum absolute atomic E-state index is 14.0. The molecule has 8 heteroatoms. The molecule has 5 rings (SSSR count). The smallest absolute Gasteiger partial charge is 0.343 e. The van der Waals surface area contributed by atoms with Crippen LogP contribution in [-0.2, 0) is 9.59 Å². The van der Waals surface area contributed by atoms with E-state index in [4.69, 9.17) is 9.47 Å². The summed E-state index contributed by atoms with van der Waals surface area (Å²) in [5.74, 6) is -0.478. The Morgan fingerprint density at radius 2 is 1.59 bits per heavy atom. The van der Waals surface area contributed by atoms with E-state index in [1.807, 2.05) is 50.2 Å². The van der Waals surface area contributed by atoms with Crippen LogP contribution in [-0.4, -0.2) is 31.6 Å². The van der Waals surface area contributed by atoms with Crippen LogP contribution in [0.5, 0.6) is 11.5 Å². The van der Waals surface area contributed by atoms with Gasteiger partial charge in [0.2, 0.25) is 0 Å². The minimum atomic E-state index is -0.741. The number of fused-ring (bicyclic) bond motifs is 1. The Balaban J connectivity index is 1.71. The zero-order valence-electron chi connectivity index (χ0n) is 21.6. The van der Waals surface area contributed by atoms with E-state index in [1.165, 1.54) is 13.2 Å². The first kappa shape index (κ1) is 26.2. The van der Waals surface area contributed by atoms with Crippen molar-refractivity contribution in [2.75, 3.05) is 23.5 Å². The molecule has 1 fully saturated rings. The maximum atomic E-state index is 14.0. The molecule has 4 aromatic rings. The number of carbonyl (C=O) groups excluding carboxylic acids is 3. The van der Waals surface area contributed by atoms with Crippen molar-refractivity contribution in [3.05, 3.63) is 100 Å². The number of ether oxygens (including phenoxy) is 2. The summed E-state index contributed by atoms with van der Waals surface area (Å²) >= 11 is 3.50. The Morgan fingerprint density at radius 3 is 2.33 bits per heavy atom. The van der Waals surface area contributed by atoms with Gasteiger partial charge in [-0.15, -0.1) is 0 Å². The summed E-state index contributed by atoms with van der Waals surface area (Å²) < 4.78 is 11.8. The number of rotatable bonds is 6. The molecule has 0 unspecified atom stereocenters. The van der Waals surface area contributed by atoms with Gasteiger partial charge in [-0.3, -0.25) is 9.59 Å². The number of imide groups is 2. The molecule has 1 saturated heterocycles. The normalized spacial score (nSPS) is 14.9. The van der Waals surface area contributed by atoms with E-state index < -0.39 is 17.8 Å². The van der Waals surface area contributed by atoms with Crippen LogP contribution in [0.3, 0.4) is 0 Å². The number of carbonyl (C=O) groups is 3. The molecule has 0 atom stereocenters. The van der Waals surface area contributed by atoms with E-state index in [0.29, 0.717) is 44.9 Å². The maximum Gasteiger partial charge on any atom is 0.343 e. The molecule has 0 bridgehead atoms. The highest BCUT2D eigenvalue weighted by molar-refractivity contribution is 9.10. The van der Waals surface area contributed by atoms with E-state index in [9.17, 15) is 14.4 Å². The minimum Gasteiger partial charge on any atom is -0.493 e. The number of hydrogen-bond donors (Lipinski definition) is 0. The van der Waals surface area contributed by atoms with Gasteiger partial charge in [0, 0.05) is 5.39 Å². The molecule has 1 aliphatic rings. The van der Waals surface area contributed by atoms with Crippen LogP contribution in [0, 0.1) is 6.92 Å². The van der Waals surface area contributed by atoms with Crippen LogP contribution in [0.2, 0.25) is 0 Å². The average Bonchev–Trinajstić information content (AvgIpc) is 2.92. The third-order valence-corrected chi connectivity index (χ3v) is 6.96. The fourth-order valence-corrected chi connectivity index (χ4v) is 5.19.